The average molecular weight is 453 g/mol. The Morgan fingerprint density at radius 2 is 1.78 bits per heavy atom. The second-order valence-electron chi connectivity index (χ2n) is 7.83. The van der Waals surface area contributed by atoms with Crippen molar-refractivity contribution in [1.82, 2.24) is 9.88 Å². The van der Waals surface area contributed by atoms with Gasteiger partial charge in [0.1, 0.15) is 16.9 Å². The van der Waals surface area contributed by atoms with Crippen molar-refractivity contribution in [3.8, 4) is 11.1 Å². The van der Waals surface area contributed by atoms with Gasteiger partial charge in [-0.1, -0.05) is 42.5 Å². The molecule has 1 fully saturated rings. The number of amides is 1. The van der Waals surface area contributed by atoms with Crippen LogP contribution in [0.4, 0.5) is 8.78 Å². The first kappa shape index (κ1) is 20.6. The molecule has 0 bridgehead atoms. The summed E-state index contributed by atoms with van der Waals surface area (Å²) in [7, 11) is 0. The maximum Gasteiger partial charge on any atom is 0.245 e. The molecular weight excluding hydrogens is 434 g/mol. The number of alkyl halides is 1. The second-order valence-corrected chi connectivity index (χ2v) is 8.26. The quantitative estimate of drug-likeness (QED) is 0.336. The van der Waals surface area contributed by atoms with Gasteiger partial charge >= 0.3 is 0 Å². The number of oxazole rings is 1. The van der Waals surface area contributed by atoms with Crippen LogP contribution < -0.4 is 0 Å². The number of hydrogen-bond donors (Lipinski definition) is 0. The molecule has 1 aromatic heterocycles. The summed E-state index contributed by atoms with van der Waals surface area (Å²) in [6.07, 6.45) is 1.56. The second kappa shape index (κ2) is 8.36. The van der Waals surface area contributed by atoms with Gasteiger partial charge in [-0.15, -0.1) is 11.6 Å². The molecule has 0 spiro atoms. The van der Waals surface area contributed by atoms with E-state index in [4.69, 9.17) is 16.0 Å². The van der Waals surface area contributed by atoms with E-state index in [0.717, 1.165) is 30.5 Å². The normalized spacial score (nSPS) is 17.1. The van der Waals surface area contributed by atoms with Gasteiger partial charge in [-0.3, -0.25) is 4.79 Å². The fourth-order valence-corrected chi connectivity index (χ4v) is 4.41. The van der Waals surface area contributed by atoms with E-state index >= 15 is 0 Å². The maximum atomic E-state index is 13.6. The molecule has 4 aromatic rings. The van der Waals surface area contributed by atoms with Crippen molar-refractivity contribution < 1.29 is 18.0 Å². The Bertz CT molecular complexity index is 1290. The first-order valence-electron chi connectivity index (χ1n) is 10.4. The van der Waals surface area contributed by atoms with E-state index in [1.165, 1.54) is 6.07 Å². The van der Waals surface area contributed by atoms with Crippen LogP contribution >= 0.6 is 11.6 Å². The van der Waals surface area contributed by atoms with Crippen LogP contribution in [-0.2, 0) is 4.79 Å². The van der Waals surface area contributed by atoms with Gasteiger partial charge < -0.3 is 9.32 Å². The Morgan fingerprint density at radius 3 is 2.56 bits per heavy atom. The molecule has 5 rings (SSSR count). The third kappa shape index (κ3) is 3.75. The first-order valence-corrected chi connectivity index (χ1v) is 10.8. The third-order valence-corrected chi connectivity index (χ3v) is 6.23. The zero-order valence-electron chi connectivity index (χ0n) is 17.0. The van der Waals surface area contributed by atoms with Gasteiger partial charge in [-0.25, -0.2) is 13.8 Å². The molecule has 4 nitrogen and oxygen atoms in total. The number of carbonyl (C=O) groups excluding carboxylic acids is 1. The minimum Gasteiger partial charge on any atom is -0.438 e. The minimum absolute atomic E-state index is 0.176. The van der Waals surface area contributed by atoms with E-state index in [1.54, 1.807) is 23.1 Å². The Kier molecular flexibility index (Phi) is 5.39. The molecule has 1 aliphatic rings. The van der Waals surface area contributed by atoms with Crippen LogP contribution in [0, 0.1) is 11.6 Å². The van der Waals surface area contributed by atoms with Gasteiger partial charge in [0.25, 0.3) is 0 Å². The summed E-state index contributed by atoms with van der Waals surface area (Å²) in [6, 6.07) is 18.0. The van der Waals surface area contributed by atoms with Crippen molar-refractivity contribution in [2.75, 3.05) is 6.54 Å². The highest BCUT2D eigenvalue weighted by molar-refractivity contribution is 6.30. The van der Waals surface area contributed by atoms with E-state index < -0.39 is 17.0 Å². The van der Waals surface area contributed by atoms with E-state index in [1.807, 2.05) is 30.3 Å². The van der Waals surface area contributed by atoms with E-state index in [9.17, 15) is 13.6 Å². The van der Waals surface area contributed by atoms with Gasteiger partial charge in [0.15, 0.2) is 17.2 Å². The number of benzene rings is 3. The van der Waals surface area contributed by atoms with Crippen molar-refractivity contribution >= 4 is 28.6 Å². The first-order chi connectivity index (χ1) is 15.5. The van der Waals surface area contributed by atoms with Gasteiger partial charge in [0.2, 0.25) is 11.8 Å². The van der Waals surface area contributed by atoms with Gasteiger partial charge in [-0.05, 0) is 53.8 Å². The number of hydrogen-bond acceptors (Lipinski definition) is 3. The number of rotatable bonds is 4. The summed E-state index contributed by atoms with van der Waals surface area (Å²) in [5.74, 6) is -1.52. The molecule has 32 heavy (non-hydrogen) atoms. The van der Waals surface area contributed by atoms with Crippen molar-refractivity contribution in [2.24, 2.45) is 0 Å². The van der Waals surface area contributed by atoms with Gasteiger partial charge in [0.05, 0.1) is 0 Å². The zero-order valence-corrected chi connectivity index (χ0v) is 17.7. The molecular formula is C25H19ClF2N2O2. The Morgan fingerprint density at radius 1 is 1.03 bits per heavy atom. The largest absolute Gasteiger partial charge is 0.438 e. The third-order valence-electron chi connectivity index (χ3n) is 5.79. The number of carbonyl (C=O) groups is 1. The van der Waals surface area contributed by atoms with E-state index in [0.29, 0.717) is 34.7 Å². The molecule has 162 valence electrons. The Balaban J connectivity index is 1.43. The molecule has 7 heteroatoms. The van der Waals surface area contributed by atoms with Crippen LogP contribution in [0.25, 0.3) is 22.2 Å². The summed E-state index contributed by atoms with van der Waals surface area (Å²) in [6.45, 7) is 0.582. The fourth-order valence-electron chi connectivity index (χ4n) is 4.14. The van der Waals surface area contributed by atoms with Crippen LogP contribution in [0.15, 0.2) is 71.1 Å². The topological polar surface area (TPSA) is 46.3 Å². The fraction of sp³-hybridized carbons (Fsp3) is 0.200. The van der Waals surface area contributed by atoms with Crippen LogP contribution in [0.2, 0.25) is 0 Å². The molecule has 2 unspecified atom stereocenters. The molecule has 1 saturated heterocycles. The zero-order chi connectivity index (χ0) is 22.2. The molecule has 0 aliphatic carbocycles. The highest BCUT2D eigenvalue weighted by Gasteiger charge is 2.36. The number of halogens is 3. The predicted octanol–water partition coefficient (Wildman–Crippen LogP) is 6.42. The van der Waals surface area contributed by atoms with Crippen molar-refractivity contribution in [3.63, 3.8) is 0 Å². The summed E-state index contributed by atoms with van der Waals surface area (Å²) in [5.41, 5.74) is 3.14. The van der Waals surface area contributed by atoms with Gasteiger partial charge in [-0.2, -0.15) is 0 Å². The number of likely N-dealkylation sites (tertiary alicyclic amines) is 1. The lowest BCUT2D eigenvalue weighted by molar-refractivity contribution is -0.132. The van der Waals surface area contributed by atoms with Crippen LogP contribution in [0.5, 0.6) is 0 Å². The monoisotopic (exact) mass is 452 g/mol. The van der Waals surface area contributed by atoms with Crippen LogP contribution in [0.3, 0.4) is 0 Å². The highest BCUT2D eigenvalue weighted by Crippen LogP contribution is 2.37. The summed E-state index contributed by atoms with van der Waals surface area (Å²) in [4.78, 5) is 19.4. The summed E-state index contributed by atoms with van der Waals surface area (Å²) < 4.78 is 32.9. The summed E-state index contributed by atoms with van der Waals surface area (Å²) in [5, 5.41) is -0.777. The molecule has 0 saturated carbocycles. The SMILES string of the molecule is O=C(C(Cl)c1ccccc1)N1CCCC1c1nc2cc(-c3ccc(F)c(F)c3)ccc2o1. The standard InChI is InChI=1S/C25H19ClF2N2O2/c26-23(15-5-2-1-3-6-15)25(31)30-12-4-7-21(30)24-29-20-14-17(9-11-22(20)32-24)16-8-10-18(27)19(28)13-16/h1-3,5-6,8-11,13-14,21,23H,4,7,12H2. The lowest BCUT2D eigenvalue weighted by atomic mass is 10.1. The lowest BCUT2D eigenvalue weighted by Gasteiger charge is -2.24. The van der Waals surface area contributed by atoms with Gasteiger partial charge in [0, 0.05) is 6.54 Å². The number of nitrogens with zero attached hydrogens (tertiary/aromatic N) is 2. The van der Waals surface area contributed by atoms with E-state index in [-0.39, 0.29) is 11.9 Å². The number of fused-ring (bicyclic) bond motifs is 1. The van der Waals surface area contributed by atoms with Crippen molar-refractivity contribution in [3.05, 3.63) is 89.8 Å². The molecule has 2 atom stereocenters. The van der Waals surface area contributed by atoms with E-state index in [2.05, 4.69) is 4.98 Å². The van der Waals surface area contributed by atoms with Crippen molar-refractivity contribution in [2.45, 2.75) is 24.3 Å². The highest BCUT2D eigenvalue weighted by atomic mass is 35.5. The Labute approximate surface area is 188 Å². The van der Waals surface area contributed by atoms with Crippen LogP contribution in [0.1, 0.15) is 35.7 Å². The molecule has 2 heterocycles. The molecule has 1 amide bonds. The number of aromatic nitrogens is 1. The smallest absolute Gasteiger partial charge is 0.245 e. The average Bonchev–Trinajstić information content (AvgIpc) is 3.47. The minimum atomic E-state index is -0.905. The molecule has 0 radical (unpaired) electrons. The predicted molar refractivity (Wildman–Crippen MR) is 118 cm³/mol. The maximum absolute atomic E-state index is 13.6. The Hall–Kier alpha value is -3.25. The lowest BCUT2D eigenvalue weighted by Crippen LogP contribution is -2.33. The van der Waals surface area contributed by atoms with Crippen LogP contribution in [-0.4, -0.2) is 22.3 Å². The molecule has 0 N–H and O–H groups in total. The van der Waals surface area contributed by atoms with Crippen molar-refractivity contribution in [1.29, 1.82) is 0 Å². The molecule has 3 aromatic carbocycles. The molecule has 1 aliphatic heterocycles. The summed E-state index contributed by atoms with van der Waals surface area (Å²) >= 11 is 6.48.